The van der Waals surface area contributed by atoms with Crippen molar-refractivity contribution in [1.82, 2.24) is 0 Å². The molecule has 0 aromatic heterocycles. The summed E-state index contributed by atoms with van der Waals surface area (Å²) < 4.78 is 6.21. The van der Waals surface area contributed by atoms with Gasteiger partial charge in [-0.1, -0.05) is 67.8 Å². The zero-order valence-corrected chi connectivity index (χ0v) is 17.7. The van der Waals surface area contributed by atoms with Crippen LogP contribution in [0, 0.1) is 17.8 Å². The number of allylic oxidation sites excluding steroid dienone is 1. The molecule has 162 valence electrons. The fourth-order valence-electron chi connectivity index (χ4n) is 5.60. The van der Waals surface area contributed by atoms with Crippen molar-refractivity contribution in [3.05, 3.63) is 53.6 Å². The van der Waals surface area contributed by atoms with Gasteiger partial charge >= 0.3 is 5.97 Å². The predicted octanol–water partition coefficient (Wildman–Crippen LogP) is 5.01. The summed E-state index contributed by atoms with van der Waals surface area (Å²) in [5, 5.41) is 19.6. The lowest BCUT2D eigenvalue weighted by Crippen LogP contribution is -2.26. The van der Waals surface area contributed by atoms with Gasteiger partial charge in [0, 0.05) is 5.92 Å². The van der Waals surface area contributed by atoms with Crippen molar-refractivity contribution in [2.45, 2.75) is 76.1 Å². The van der Waals surface area contributed by atoms with E-state index in [0.29, 0.717) is 30.0 Å². The van der Waals surface area contributed by atoms with Crippen LogP contribution in [-0.4, -0.2) is 34.5 Å². The number of aliphatic hydroxyl groups is 1. The Balaban J connectivity index is 1.37. The fourth-order valence-corrected chi connectivity index (χ4v) is 5.60. The van der Waals surface area contributed by atoms with Gasteiger partial charge in [0.05, 0.1) is 24.7 Å². The van der Waals surface area contributed by atoms with Gasteiger partial charge in [0.15, 0.2) is 0 Å². The van der Waals surface area contributed by atoms with Crippen molar-refractivity contribution < 1.29 is 19.7 Å². The van der Waals surface area contributed by atoms with Crippen molar-refractivity contribution in [2.75, 3.05) is 0 Å². The molecule has 2 unspecified atom stereocenters. The van der Waals surface area contributed by atoms with E-state index in [9.17, 15) is 9.90 Å². The minimum Gasteiger partial charge on any atom is -0.481 e. The normalized spacial score (nSPS) is 30.4. The molecule has 4 heteroatoms. The molecular formula is C26H34O4. The SMILES string of the molecule is O=C(O)Cc1cccc(/C=C/C[C@H]2C3CC[C@H](O3)[C@H]2C=CC(O)C2CCCCC2)c1. The summed E-state index contributed by atoms with van der Waals surface area (Å²) in [6.07, 6.45) is 18.2. The second kappa shape index (κ2) is 9.93. The highest BCUT2D eigenvalue weighted by atomic mass is 16.5. The first-order chi connectivity index (χ1) is 14.6. The number of aliphatic hydroxyl groups excluding tert-OH is 1. The molecule has 30 heavy (non-hydrogen) atoms. The molecule has 1 saturated carbocycles. The Hall–Kier alpha value is -1.91. The molecule has 1 aromatic carbocycles. The molecule has 3 fully saturated rings. The second-order valence-corrected chi connectivity index (χ2v) is 9.26. The lowest BCUT2D eigenvalue weighted by Gasteiger charge is -2.27. The molecule has 5 atom stereocenters. The summed E-state index contributed by atoms with van der Waals surface area (Å²) in [7, 11) is 0. The Bertz CT molecular complexity index is 777. The Morgan fingerprint density at radius 3 is 2.73 bits per heavy atom. The number of carboxylic acids is 1. The van der Waals surface area contributed by atoms with Crippen molar-refractivity contribution in [2.24, 2.45) is 17.8 Å². The van der Waals surface area contributed by atoms with E-state index in [4.69, 9.17) is 9.84 Å². The van der Waals surface area contributed by atoms with Gasteiger partial charge in [-0.25, -0.2) is 0 Å². The molecule has 3 aliphatic rings. The van der Waals surface area contributed by atoms with E-state index in [0.717, 1.165) is 43.2 Å². The maximum Gasteiger partial charge on any atom is 0.307 e. The largest absolute Gasteiger partial charge is 0.481 e. The average Bonchev–Trinajstić information content (AvgIpc) is 3.34. The van der Waals surface area contributed by atoms with Crippen LogP contribution in [0.5, 0.6) is 0 Å². The number of hydrogen-bond acceptors (Lipinski definition) is 3. The molecule has 1 aromatic rings. The number of carbonyl (C=O) groups is 1. The van der Waals surface area contributed by atoms with Gasteiger partial charge < -0.3 is 14.9 Å². The molecule has 4 nitrogen and oxygen atoms in total. The van der Waals surface area contributed by atoms with Crippen LogP contribution < -0.4 is 0 Å². The van der Waals surface area contributed by atoms with Gasteiger partial charge in [0.1, 0.15) is 0 Å². The van der Waals surface area contributed by atoms with Crippen LogP contribution in [0.15, 0.2) is 42.5 Å². The van der Waals surface area contributed by atoms with E-state index < -0.39 is 5.97 Å². The van der Waals surface area contributed by atoms with Gasteiger partial charge in [-0.05, 0) is 55.1 Å². The number of aliphatic carboxylic acids is 1. The molecule has 0 radical (unpaired) electrons. The number of ether oxygens (including phenoxy) is 1. The lowest BCUT2D eigenvalue weighted by molar-refractivity contribution is -0.136. The fraction of sp³-hybridized carbons (Fsp3) is 0.577. The first-order valence-electron chi connectivity index (χ1n) is 11.6. The standard InChI is InChI=1S/C26H34O4/c27-23(20-9-2-1-3-10-20)13-12-22-21(24-14-15-25(22)30-24)11-5-7-18-6-4-8-19(16-18)17-26(28)29/h4-8,12-13,16,20-25,27H,1-3,9-11,14-15,17H2,(H,28,29)/b7-5+,13-12?/t21-,22+,23?,24?,25+/m1/s1. The van der Waals surface area contributed by atoms with Gasteiger partial charge in [-0.3, -0.25) is 4.79 Å². The van der Waals surface area contributed by atoms with Gasteiger partial charge in [-0.2, -0.15) is 0 Å². The molecule has 4 rings (SSSR count). The van der Waals surface area contributed by atoms with Crippen LogP contribution >= 0.6 is 0 Å². The summed E-state index contributed by atoms with van der Waals surface area (Å²) in [6.45, 7) is 0. The van der Waals surface area contributed by atoms with E-state index >= 15 is 0 Å². The van der Waals surface area contributed by atoms with Crippen LogP contribution in [0.4, 0.5) is 0 Å². The molecule has 2 heterocycles. The number of rotatable bonds is 8. The van der Waals surface area contributed by atoms with Crippen molar-refractivity contribution in [1.29, 1.82) is 0 Å². The number of carboxylic acid groups (broad SMARTS) is 1. The van der Waals surface area contributed by atoms with E-state index in [1.165, 1.54) is 19.3 Å². The Morgan fingerprint density at radius 2 is 1.93 bits per heavy atom. The van der Waals surface area contributed by atoms with Crippen molar-refractivity contribution in [3.8, 4) is 0 Å². The molecule has 2 N–H and O–H groups in total. The highest BCUT2D eigenvalue weighted by molar-refractivity contribution is 5.70. The maximum absolute atomic E-state index is 10.9. The monoisotopic (exact) mass is 410 g/mol. The zero-order valence-electron chi connectivity index (χ0n) is 17.7. The van der Waals surface area contributed by atoms with Crippen LogP contribution in [0.25, 0.3) is 6.08 Å². The van der Waals surface area contributed by atoms with Crippen LogP contribution in [0.1, 0.15) is 62.5 Å². The van der Waals surface area contributed by atoms with Crippen molar-refractivity contribution in [3.63, 3.8) is 0 Å². The molecular weight excluding hydrogens is 376 g/mol. The van der Waals surface area contributed by atoms with E-state index in [-0.39, 0.29) is 12.5 Å². The topological polar surface area (TPSA) is 66.8 Å². The minimum atomic E-state index is -0.805. The zero-order chi connectivity index (χ0) is 20.9. The van der Waals surface area contributed by atoms with Gasteiger partial charge in [-0.15, -0.1) is 0 Å². The summed E-state index contributed by atoms with van der Waals surface area (Å²) >= 11 is 0. The third-order valence-electron chi connectivity index (χ3n) is 7.17. The molecule has 0 amide bonds. The lowest BCUT2D eigenvalue weighted by atomic mass is 9.76. The minimum absolute atomic E-state index is 0.0537. The van der Waals surface area contributed by atoms with E-state index in [1.807, 2.05) is 24.3 Å². The predicted molar refractivity (Wildman–Crippen MR) is 118 cm³/mol. The number of fused-ring (bicyclic) bond motifs is 2. The third-order valence-corrected chi connectivity index (χ3v) is 7.17. The highest BCUT2D eigenvalue weighted by Gasteiger charge is 2.46. The summed E-state index contributed by atoms with van der Waals surface area (Å²) in [4.78, 5) is 10.9. The second-order valence-electron chi connectivity index (χ2n) is 9.26. The van der Waals surface area contributed by atoms with Crippen molar-refractivity contribution >= 4 is 12.0 Å². The highest BCUT2D eigenvalue weighted by Crippen LogP contribution is 2.46. The summed E-state index contributed by atoms with van der Waals surface area (Å²) in [5.41, 5.74) is 1.86. The molecule has 2 bridgehead atoms. The molecule has 2 saturated heterocycles. The number of benzene rings is 1. The van der Waals surface area contributed by atoms with Crippen LogP contribution in [0.2, 0.25) is 0 Å². The molecule has 2 aliphatic heterocycles. The quantitative estimate of drug-likeness (QED) is 0.591. The number of hydrogen-bond donors (Lipinski definition) is 2. The van der Waals surface area contributed by atoms with Crippen LogP contribution in [0.3, 0.4) is 0 Å². The molecule has 1 aliphatic carbocycles. The van der Waals surface area contributed by atoms with Gasteiger partial charge in [0.2, 0.25) is 0 Å². The third kappa shape index (κ3) is 5.22. The summed E-state index contributed by atoms with van der Waals surface area (Å²) in [5.74, 6) is 0.452. The Morgan fingerprint density at radius 1 is 1.13 bits per heavy atom. The maximum atomic E-state index is 10.9. The Labute approximate surface area is 179 Å². The van der Waals surface area contributed by atoms with Gasteiger partial charge in [0.25, 0.3) is 0 Å². The average molecular weight is 411 g/mol. The Kier molecular flexibility index (Phi) is 7.06. The smallest absolute Gasteiger partial charge is 0.307 e. The van der Waals surface area contributed by atoms with Crippen LogP contribution in [-0.2, 0) is 16.0 Å². The first kappa shape index (κ1) is 21.3. The first-order valence-corrected chi connectivity index (χ1v) is 11.6. The summed E-state index contributed by atoms with van der Waals surface area (Å²) in [6, 6.07) is 7.72. The van der Waals surface area contributed by atoms with E-state index in [2.05, 4.69) is 24.3 Å². The molecule has 0 spiro atoms. The van der Waals surface area contributed by atoms with E-state index in [1.54, 1.807) is 0 Å².